The van der Waals surface area contributed by atoms with E-state index in [9.17, 15) is 4.79 Å². The summed E-state index contributed by atoms with van der Waals surface area (Å²) in [7, 11) is 0. The van der Waals surface area contributed by atoms with Crippen molar-refractivity contribution in [1.82, 2.24) is 0 Å². The van der Waals surface area contributed by atoms with E-state index >= 15 is 0 Å². The first-order valence-electron chi connectivity index (χ1n) is 7.89. The molecule has 1 saturated carbocycles. The van der Waals surface area contributed by atoms with Crippen LogP contribution in [0.4, 0.5) is 5.69 Å². The number of carbonyl (C=O) groups excluding carboxylic acids is 1. The van der Waals surface area contributed by atoms with Crippen LogP contribution in [-0.2, 0) is 15.6 Å². The quantitative estimate of drug-likeness (QED) is 0.876. The highest BCUT2D eigenvalue weighted by Crippen LogP contribution is 2.49. The lowest BCUT2D eigenvalue weighted by Crippen LogP contribution is -2.27. The molecular weight excluding hydrogens is 270 g/mol. The van der Waals surface area contributed by atoms with Gasteiger partial charge < -0.3 is 5.32 Å². The van der Waals surface area contributed by atoms with Gasteiger partial charge in [0.1, 0.15) is 0 Å². The number of amides is 1. The molecule has 0 aliphatic heterocycles. The number of nitrogens with one attached hydrogen (secondary N) is 1. The third-order valence-electron chi connectivity index (χ3n) is 4.52. The van der Waals surface area contributed by atoms with Crippen LogP contribution < -0.4 is 5.32 Å². The summed E-state index contributed by atoms with van der Waals surface area (Å²) in [6.07, 6.45) is 1.86. The molecule has 22 heavy (non-hydrogen) atoms. The molecule has 2 heteroatoms. The molecule has 2 aromatic carbocycles. The largest absolute Gasteiger partial charge is 0.325 e. The van der Waals surface area contributed by atoms with Gasteiger partial charge in [0.25, 0.3) is 0 Å². The molecule has 0 spiro atoms. The predicted molar refractivity (Wildman–Crippen MR) is 91.1 cm³/mol. The summed E-state index contributed by atoms with van der Waals surface area (Å²) >= 11 is 0. The van der Waals surface area contributed by atoms with Crippen molar-refractivity contribution in [2.24, 2.45) is 0 Å². The highest BCUT2D eigenvalue weighted by atomic mass is 16.2. The molecule has 3 rings (SSSR count). The third-order valence-corrected chi connectivity index (χ3v) is 4.52. The van der Waals surface area contributed by atoms with Gasteiger partial charge in [-0.1, -0.05) is 63.2 Å². The Morgan fingerprint density at radius 1 is 0.955 bits per heavy atom. The minimum atomic E-state index is -0.327. The van der Waals surface area contributed by atoms with Crippen LogP contribution in [0.1, 0.15) is 44.7 Å². The second kappa shape index (κ2) is 5.28. The molecule has 1 aliphatic carbocycles. The summed E-state index contributed by atoms with van der Waals surface area (Å²) in [5, 5.41) is 3.05. The van der Waals surface area contributed by atoms with E-state index in [1.54, 1.807) is 0 Å². The Labute approximate surface area is 132 Å². The smallest absolute Gasteiger partial charge is 0.235 e. The Bertz CT molecular complexity index is 661. The van der Waals surface area contributed by atoms with E-state index in [0.717, 1.165) is 24.1 Å². The van der Waals surface area contributed by atoms with E-state index in [0.29, 0.717) is 0 Å². The molecule has 0 bridgehead atoms. The van der Waals surface area contributed by atoms with E-state index in [-0.39, 0.29) is 16.7 Å². The Hall–Kier alpha value is -2.09. The lowest BCUT2D eigenvalue weighted by atomic mass is 9.85. The highest BCUT2D eigenvalue weighted by molar-refractivity contribution is 6.01. The first-order valence-corrected chi connectivity index (χ1v) is 7.89. The first kappa shape index (κ1) is 14.8. The van der Waals surface area contributed by atoms with Gasteiger partial charge in [0.15, 0.2) is 0 Å². The summed E-state index contributed by atoms with van der Waals surface area (Å²) in [6.45, 7) is 6.62. The first-order chi connectivity index (χ1) is 10.4. The van der Waals surface area contributed by atoms with E-state index in [1.807, 2.05) is 30.3 Å². The van der Waals surface area contributed by atoms with E-state index in [1.165, 1.54) is 5.56 Å². The van der Waals surface area contributed by atoms with Crippen LogP contribution in [0, 0.1) is 0 Å². The summed E-state index contributed by atoms with van der Waals surface area (Å²) in [4.78, 5) is 12.7. The maximum atomic E-state index is 12.7. The fourth-order valence-electron chi connectivity index (χ4n) is 2.83. The van der Waals surface area contributed by atoms with Crippen molar-refractivity contribution in [3.63, 3.8) is 0 Å². The average molecular weight is 293 g/mol. The zero-order chi connectivity index (χ0) is 15.8. The molecule has 0 aromatic heterocycles. The van der Waals surface area contributed by atoms with Crippen molar-refractivity contribution >= 4 is 11.6 Å². The van der Waals surface area contributed by atoms with Crippen LogP contribution >= 0.6 is 0 Å². The summed E-state index contributed by atoms with van der Waals surface area (Å²) < 4.78 is 0. The Kier molecular flexibility index (Phi) is 3.56. The van der Waals surface area contributed by atoms with Gasteiger partial charge in [-0.25, -0.2) is 0 Å². The van der Waals surface area contributed by atoms with Crippen LogP contribution in [0.3, 0.4) is 0 Å². The molecule has 2 nitrogen and oxygen atoms in total. The summed E-state index contributed by atoms with van der Waals surface area (Å²) in [6, 6.07) is 18.2. The number of anilines is 1. The number of hydrogen-bond donors (Lipinski definition) is 1. The number of carbonyl (C=O) groups is 1. The van der Waals surface area contributed by atoms with Crippen LogP contribution in [0.15, 0.2) is 54.6 Å². The molecule has 1 fully saturated rings. The number of benzene rings is 2. The van der Waals surface area contributed by atoms with Crippen molar-refractivity contribution < 1.29 is 4.79 Å². The molecule has 1 N–H and O–H groups in total. The number of hydrogen-bond acceptors (Lipinski definition) is 1. The van der Waals surface area contributed by atoms with Gasteiger partial charge in [0, 0.05) is 5.69 Å². The maximum absolute atomic E-state index is 12.7. The molecule has 2 aromatic rings. The van der Waals surface area contributed by atoms with Gasteiger partial charge in [-0.15, -0.1) is 0 Å². The Morgan fingerprint density at radius 2 is 1.55 bits per heavy atom. The summed E-state index contributed by atoms with van der Waals surface area (Å²) in [5.41, 5.74) is 3.11. The Balaban J connectivity index is 1.80. The lowest BCUT2D eigenvalue weighted by Gasteiger charge is -2.21. The predicted octanol–water partition coefficient (Wildman–Crippen LogP) is 4.65. The van der Waals surface area contributed by atoms with Crippen molar-refractivity contribution in [3.8, 4) is 0 Å². The molecule has 1 aliphatic rings. The second-order valence-corrected chi connectivity index (χ2v) is 7.23. The maximum Gasteiger partial charge on any atom is 0.235 e. The molecule has 114 valence electrons. The van der Waals surface area contributed by atoms with Gasteiger partial charge in [0.2, 0.25) is 5.91 Å². The monoisotopic (exact) mass is 293 g/mol. The van der Waals surface area contributed by atoms with Crippen LogP contribution in [0.2, 0.25) is 0 Å². The Morgan fingerprint density at radius 3 is 2.05 bits per heavy atom. The van der Waals surface area contributed by atoms with Gasteiger partial charge >= 0.3 is 0 Å². The molecule has 0 unspecified atom stereocenters. The normalized spacial score (nSPS) is 16.1. The van der Waals surface area contributed by atoms with Gasteiger partial charge in [0.05, 0.1) is 5.41 Å². The molecule has 1 amide bonds. The van der Waals surface area contributed by atoms with Crippen molar-refractivity contribution in [3.05, 3.63) is 65.7 Å². The minimum absolute atomic E-state index is 0.113. The fraction of sp³-hybridized carbons (Fsp3) is 0.350. The zero-order valence-electron chi connectivity index (χ0n) is 13.5. The van der Waals surface area contributed by atoms with Gasteiger partial charge in [-0.05, 0) is 41.5 Å². The number of rotatable bonds is 3. The molecular formula is C20H23NO. The van der Waals surface area contributed by atoms with Crippen LogP contribution in [0.25, 0.3) is 0 Å². The van der Waals surface area contributed by atoms with Crippen LogP contribution in [-0.4, -0.2) is 5.91 Å². The molecule has 0 saturated heterocycles. The van der Waals surface area contributed by atoms with Gasteiger partial charge in [-0.2, -0.15) is 0 Å². The average Bonchev–Trinajstić information content (AvgIpc) is 3.29. The highest BCUT2D eigenvalue weighted by Gasteiger charge is 2.51. The standard InChI is InChI=1S/C20H23NO/c1-19(2,3)15-9-11-16(12-10-15)20(13-14-20)18(22)21-17-7-5-4-6-8-17/h4-12H,13-14H2,1-3H3,(H,21,22). The van der Waals surface area contributed by atoms with Crippen molar-refractivity contribution in [2.45, 2.75) is 44.4 Å². The zero-order valence-corrected chi connectivity index (χ0v) is 13.5. The second-order valence-electron chi connectivity index (χ2n) is 7.23. The van der Waals surface area contributed by atoms with Crippen LogP contribution in [0.5, 0.6) is 0 Å². The van der Waals surface area contributed by atoms with E-state index in [4.69, 9.17) is 0 Å². The minimum Gasteiger partial charge on any atom is -0.325 e. The topological polar surface area (TPSA) is 29.1 Å². The van der Waals surface area contributed by atoms with E-state index < -0.39 is 0 Å². The number of para-hydroxylation sites is 1. The third kappa shape index (κ3) is 2.78. The summed E-state index contributed by atoms with van der Waals surface area (Å²) in [5.74, 6) is 0.113. The van der Waals surface area contributed by atoms with Crippen molar-refractivity contribution in [1.29, 1.82) is 0 Å². The lowest BCUT2D eigenvalue weighted by molar-refractivity contribution is -0.118. The van der Waals surface area contributed by atoms with Gasteiger partial charge in [-0.3, -0.25) is 4.79 Å². The molecule has 0 radical (unpaired) electrons. The fourth-order valence-corrected chi connectivity index (χ4v) is 2.83. The molecule has 0 heterocycles. The van der Waals surface area contributed by atoms with E-state index in [2.05, 4.69) is 50.4 Å². The SMILES string of the molecule is CC(C)(C)c1ccc(C2(C(=O)Nc3ccccc3)CC2)cc1. The molecule has 0 atom stereocenters. The van der Waals surface area contributed by atoms with Crippen molar-refractivity contribution in [2.75, 3.05) is 5.32 Å².